The lowest BCUT2D eigenvalue weighted by molar-refractivity contribution is -0.0729. The number of aliphatic hydroxyl groups excluding tert-OH is 1. The molecule has 4 heteroatoms. The van der Waals surface area contributed by atoms with E-state index in [1.165, 1.54) is 0 Å². The van der Waals surface area contributed by atoms with E-state index < -0.39 is 6.10 Å². The molecule has 0 amide bonds. The van der Waals surface area contributed by atoms with Gasteiger partial charge in [0.05, 0.1) is 38.1 Å². The standard InChI is InChI=1S/C13H24O4/c1-4-7-15-8-11(14)9-16-10-12-5-6-13(2,3)17-12/h4,11-12,14H,1,5-10H2,2-3H3. The van der Waals surface area contributed by atoms with Crippen molar-refractivity contribution in [3.05, 3.63) is 12.7 Å². The summed E-state index contributed by atoms with van der Waals surface area (Å²) >= 11 is 0. The van der Waals surface area contributed by atoms with E-state index >= 15 is 0 Å². The number of aliphatic hydroxyl groups is 1. The second-order valence-electron chi connectivity index (χ2n) is 5.06. The van der Waals surface area contributed by atoms with Crippen LogP contribution in [0, 0.1) is 0 Å². The summed E-state index contributed by atoms with van der Waals surface area (Å²) in [6, 6.07) is 0. The molecule has 2 unspecified atom stereocenters. The Morgan fingerprint density at radius 1 is 1.47 bits per heavy atom. The first-order chi connectivity index (χ1) is 8.03. The minimum Gasteiger partial charge on any atom is -0.388 e. The molecule has 1 saturated heterocycles. The number of rotatable bonds is 8. The highest BCUT2D eigenvalue weighted by molar-refractivity contribution is 4.80. The molecule has 17 heavy (non-hydrogen) atoms. The van der Waals surface area contributed by atoms with E-state index in [2.05, 4.69) is 20.4 Å². The molecule has 1 N–H and O–H groups in total. The van der Waals surface area contributed by atoms with Crippen molar-refractivity contribution < 1.29 is 19.3 Å². The lowest BCUT2D eigenvalue weighted by Gasteiger charge is -2.19. The van der Waals surface area contributed by atoms with E-state index in [-0.39, 0.29) is 24.9 Å². The molecule has 4 nitrogen and oxygen atoms in total. The highest BCUT2D eigenvalue weighted by Crippen LogP contribution is 2.29. The Kier molecular flexibility index (Phi) is 6.12. The molecule has 0 aromatic rings. The predicted octanol–water partition coefficient (Wildman–Crippen LogP) is 1.52. The first-order valence-electron chi connectivity index (χ1n) is 6.16. The SMILES string of the molecule is C=CCOCC(O)COCC1CCC(C)(C)O1. The van der Waals surface area contributed by atoms with Crippen LogP contribution < -0.4 is 0 Å². The third-order valence-electron chi connectivity index (χ3n) is 2.71. The fraction of sp³-hybridized carbons (Fsp3) is 0.846. The Labute approximate surface area is 104 Å². The summed E-state index contributed by atoms with van der Waals surface area (Å²) < 4.78 is 16.3. The van der Waals surface area contributed by atoms with Crippen molar-refractivity contribution in [2.24, 2.45) is 0 Å². The van der Waals surface area contributed by atoms with Crippen LogP contribution in [0.2, 0.25) is 0 Å². The maximum Gasteiger partial charge on any atom is 0.101 e. The predicted molar refractivity (Wildman–Crippen MR) is 66.0 cm³/mol. The quantitative estimate of drug-likeness (QED) is 0.519. The van der Waals surface area contributed by atoms with Crippen LogP contribution in [0.15, 0.2) is 12.7 Å². The van der Waals surface area contributed by atoms with Crippen molar-refractivity contribution in [3.63, 3.8) is 0 Å². The lowest BCUT2D eigenvalue weighted by Crippen LogP contribution is -2.26. The molecule has 100 valence electrons. The molecular weight excluding hydrogens is 220 g/mol. The molecule has 1 aliphatic heterocycles. The molecule has 0 radical (unpaired) electrons. The first-order valence-corrected chi connectivity index (χ1v) is 6.16. The van der Waals surface area contributed by atoms with Gasteiger partial charge in [0, 0.05) is 0 Å². The molecule has 0 aromatic heterocycles. The number of ether oxygens (including phenoxy) is 3. The molecule has 0 saturated carbocycles. The zero-order chi connectivity index (χ0) is 12.7. The van der Waals surface area contributed by atoms with Gasteiger partial charge in [0.1, 0.15) is 6.10 Å². The van der Waals surface area contributed by atoms with Crippen LogP contribution in [-0.2, 0) is 14.2 Å². The molecule has 1 rings (SSSR count). The second kappa shape index (κ2) is 7.11. The highest BCUT2D eigenvalue weighted by atomic mass is 16.6. The van der Waals surface area contributed by atoms with Gasteiger partial charge in [0.25, 0.3) is 0 Å². The highest BCUT2D eigenvalue weighted by Gasteiger charge is 2.31. The van der Waals surface area contributed by atoms with Crippen LogP contribution in [0.3, 0.4) is 0 Å². The maximum absolute atomic E-state index is 9.53. The fourth-order valence-electron chi connectivity index (χ4n) is 1.87. The molecular formula is C13H24O4. The van der Waals surface area contributed by atoms with Crippen molar-refractivity contribution in [2.75, 3.05) is 26.4 Å². The first kappa shape index (κ1) is 14.6. The summed E-state index contributed by atoms with van der Waals surface area (Å²) in [5.74, 6) is 0. The average Bonchev–Trinajstić information content (AvgIpc) is 2.59. The topological polar surface area (TPSA) is 47.9 Å². The number of hydrogen-bond donors (Lipinski definition) is 1. The van der Waals surface area contributed by atoms with E-state index in [4.69, 9.17) is 14.2 Å². The molecule has 0 bridgehead atoms. The van der Waals surface area contributed by atoms with E-state index in [0.29, 0.717) is 13.2 Å². The van der Waals surface area contributed by atoms with Gasteiger partial charge < -0.3 is 19.3 Å². The van der Waals surface area contributed by atoms with Crippen molar-refractivity contribution in [2.45, 2.75) is 44.5 Å². The van der Waals surface area contributed by atoms with Gasteiger partial charge in [-0.2, -0.15) is 0 Å². The molecule has 1 fully saturated rings. The Morgan fingerprint density at radius 3 is 2.76 bits per heavy atom. The lowest BCUT2D eigenvalue weighted by atomic mass is 10.1. The van der Waals surface area contributed by atoms with Crippen LogP contribution in [0.5, 0.6) is 0 Å². The van der Waals surface area contributed by atoms with E-state index in [1.54, 1.807) is 6.08 Å². The molecule has 1 heterocycles. The smallest absolute Gasteiger partial charge is 0.101 e. The average molecular weight is 244 g/mol. The van der Waals surface area contributed by atoms with Gasteiger partial charge in [0.15, 0.2) is 0 Å². The Bertz CT molecular complexity index is 227. The van der Waals surface area contributed by atoms with Gasteiger partial charge in [-0.1, -0.05) is 6.08 Å². The van der Waals surface area contributed by atoms with Crippen LogP contribution in [-0.4, -0.2) is 49.3 Å². The van der Waals surface area contributed by atoms with Crippen LogP contribution in [0.25, 0.3) is 0 Å². The maximum atomic E-state index is 9.53. The molecule has 1 aliphatic rings. The fourth-order valence-corrected chi connectivity index (χ4v) is 1.87. The van der Waals surface area contributed by atoms with E-state index in [1.807, 2.05) is 0 Å². The number of hydrogen-bond acceptors (Lipinski definition) is 4. The third kappa shape index (κ3) is 6.17. The van der Waals surface area contributed by atoms with Gasteiger partial charge in [-0.15, -0.1) is 6.58 Å². The second-order valence-corrected chi connectivity index (χ2v) is 5.06. The van der Waals surface area contributed by atoms with Crippen LogP contribution in [0.4, 0.5) is 0 Å². The monoisotopic (exact) mass is 244 g/mol. The Hall–Kier alpha value is -0.420. The Balaban J connectivity index is 2.02. The molecule has 0 aliphatic carbocycles. The molecule has 0 aromatic carbocycles. The summed E-state index contributed by atoms with van der Waals surface area (Å²) in [6.07, 6.45) is 3.32. The normalized spacial score (nSPS) is 24.8. The summed E-state index contributed by atoms with van der Waals surface area (Å²) in [4.78, 5) is 0. The van der Waals surface area contributed by atoms with E-state index in [0.717, 1.165) is 12.8 Å². The summed E-state index contributed by atoms with van der Waals surface area (Å²) in [7, 11) is 0. The minimum absolute atomic E-state index is 0.0281. The molecule has 0 spiro atoms. The zero-order valence-electron chi connectivity index (χ0n) is 10.9. The van der Waals surface area contributed by atoms with Crippen LogP contribution in [0.1, 0.15) is 26.7 Å². The van der Waals surface area contributed by atoms with Crippen molar-refractivity contribution in [3.8, 4) is 0 Å². The van der Waals surface area contributed by atoms with Gasteiger partial charge in [-0.05, 0) is 26.7 Å². The summed E-state index contributed by atoms with van der Waals surface area (Å²) in [5, 5.41) is 9.53. The zero-order valence-corrected chi connectivity index (χ0v) is 10.9. The minimum atomic E-state index is -0.579. The van der Waals surface area contributed by atoms with Gasteiger partial charge >= 0.3 is 0 Å². The van der Waals surface area contributed by atoms with Gasteiger partial charge in [-0.25, -0.2) is 0 Å². The van der Waals surface area contributed by atoms with Gasteiger partial charge in [-0.3, -0.25) is 0 Å². The summed E-state index contributed by atoms with van der Waals surface area (Å²) in [6.45, 7) is 9.28. The summed E-state index contributed by atoms with van der Waals surface area (Å²) in [5.41, 5.74) is -0.0281. The van der Waals surface area contributed by atoms with Crippen LogP contribution >= 0.6 is 0 Å². The molecule has 2 atom stereocenters. The van der Waals surface area contributed by atoms with Crippen molar-refractivity contribution in [1.29, 1.82) is 0 Å². The van der Waals surface area contributed by atoms with Gasteiger partial charge in [0.2, 0.25) is 0 Å². The van der Waals surface area contributed by atoms with Crippen molar-refractivity contribution >= 4 is 0 Å². The third-order valence-corrected chi connectivity index (χ3v) is 2.71. The van der Waals surface area contributed by atoms with E-state index in [9.17, 15) is 5.11 Å². The Morgan fingerprint density at radius 2 is 2.18 bits per heavy atom. The largest absolute Gasteiger partial charge is 0.388 e. The van der Waals surface area contributed by atoms with Crippen molar-refractivity contribution in [1.82, 2.24) is 0 Å².